The van der Waals surface area contributed by atoms with Crippen LogP contribution in [0.15, 0.2) is 18.2 Å². The van der Waals surface area contributed by atoms with E-state index >= 15 is 0 Å². The maximum absolute atomic E-state index is 11.0. The van der Waals surface area contributed by atoms with Crippen molar-refractivity contribution in [1.29, 1.82) is 0 Å². The zero-order valence-corrected chi connectivity index (χ0v) is 12.0. The average Bonchev–Trinajstić information content (AvgIpc) is 2.71. The van der Waals surface area contributed by atoms with Crippen molar-refractivity contribution < 1.29 is 4.92 Å². The first-order valence-electron chi connectivity index (χ1n) is 6.08. The number of nitrogens with zero attached hydrogens (tertiary/aromatic N) is 2. The Morgan fingerprint density at radius 1 is 1.53 bits per heavy atom. The first-order chi connectivity index (χ1) is 8.99. The molecule has 1 heterocycles. The summed E-state index contributed by atoms with van der Waals surface area (Å²) in [6.45, 7) is 6.25. The molecule has 0 saturated heterocycles. The van der Waals surface area contributed by atoms with Gasteiger partial charge in [0.1, 0.15) is 0 Å². The second kappa shape index (κ2) is 5.48. The molecule has 0 unspecified atom stereocenters. The van der Waals surface area contributed by atoms with Crippen molar-refractivity contribution in [1.82, 2.24) is 4.98 Å². The van der Waals surface area contributed by atoms with E-state index < -0.39 is 0 Å². The van der Waals surface area contributed by atoms with Gasteiger partial charge in [0, 0.05) is 22.9 Å². The molecule has 0 saturated carbocycles. The second-order valence-corrected chi connectivity index (χ2v) is 5.98. The van der Waals surface area contributed by atoms with Gasteiger partial charge in [0.15, 0.2) is 0 Å². The molecule has 4 nitrogen and oxygen atoms in total. The summed E-state index contributed by atoms with van der Waals surface area (Å²) >= 11 is 1.61. The van der Waals surface area contributed by atoms with E-state index in [0.29, 0.717) is 17.9 Å². The smallest absolute Gasteiger partial charge is 0.258 e. The van der Waals surface area contributed by atoms with Crippen LogP contribution < -0.4 is 0 Å². The lowest BCUT2D eigenvalue weighted by Gasteiger charge is -2.01. The van der Waals surface area contributed by atoms with Gasteiger partial charge in [0.05, 0.1) is 15.6 Å². The van der Waals surface area contributed by atoms with Crippen LogP contribution in [0.5, 0.6) is 0 Å². The van der Waals surface area contributed by atoms with Gasteiger partial charge in [-0.15, -0.1) is 11.3 Å². The Morgan fingerprint density at radius 3 is 2.84 bits per heavy atom. The molecule has 0 bridgehead atoms. The van der Waals surface area contributed by atoms with Crippen LogP contribution in [0.25, 0.3) is 0 Å². The average molecular weight is 275 g/mol. The van der Waals surface area contributed by atoms with Crippen molar-refractivity contribution in [2.45, 2.75) is 33.1 Å². The SMILES string of the molecule is Cc1sc(Cc2cc[c]cc2[N+](=O)[O-])nc1C(C)C. The van der Waals surface area contributed by atoms with Crippen LogP contribution in [-0.2, 0) is 6.42 Å². The van der Waals surface area contributed by atoms with Crippen LogP contribution >= 0.6 is 11.3 Å². The van der Waals surface area contributed by atoms with Gasteiger partial charge in [-0.1, -0.05) is 26.0 Å². The number of nitro benzene ring substituents is 1. The van der Waals surface area contributed by atoms with Crippen LogP contribution in [0.3, 0.4) is 0 Å². The highest BCUT2D eigenvalue weighted by atomic mass is 32.1. The van der Waals surface area contributed by atoms with Crippen LogP contribution in [0.2, 0.25) is 0 Å². The highest BCUT2D eigenvalue weighted by Crippen LogP contribution is 2.28. The third-order valence-corrected chi connectivity index (χ3v) is 3.88. The van der Waals surface area contributed by atoms with E-state index in [-0.39, 0.29) is 10.6 Å². The Balaban J connectivity index is 2.31. The van der Waals surface area contributed by atoms with Gasteiger partial charge in [0.25, 0.3) is 5.69 Å². The van der Waals surface area contributed by atoms with Crippen LogP contribution in [-0.4, -0.2) is 9.91 Å². The summed E-state index contributed by atoms with van der Waals surface area (Å²) in [5.74, 6) is 0.379. The molecule has 5 heteroatoms. The molecule has 1 radical (unpaired) electrons. The van der Waals surface area contributed by atoms with E-state index in [4.69, 9.17) is 0 Å². The number of thiazole rings is 1. The zero-order chi connectivity index (χ0) is 14.0. The number of aromatic nitrogens is 1. The molecule has 1 aromatic carbocycles. The van der Waals surface area contributed by atoms with Crippen molar-refractivity contribution >= 4 is 17.0 Å². The topological polar surface area (TPSA) is 56.0 Å². The Labute approximate surface area is 116 Å². The van der Waals surface area contributed by atoms with Gasteiger partial charge in [-0.3, -0.25) is 10.1 Å². The van der Waals surface area contributed by atoms with E-state index in [2.05, 4.69) is 24.9 Å². The third kappa shape index (κ3) is 2.98. The monoisotopic (exact) mass is 275 g/mol. The number of benzene rings is 1. The largest absolute Gasteiger partial charge is 0.273 e. The van der Waals surface area contributed by atoms with Crippen molar-refractivity contribution in [2.75, 3.05) is 0 Å². The van der Waals surface area contributed by atoms with Crippen molar-refractivity contribution in [3.8, 4) is 0 Å². The van der Waals surface area contributed by atoms with E-state index in [1.807, 2.05) is 6.92 Å². The number of nitro groups is 1. The summed E-state index contributed by atoms with van der Waals surface area (Å²) in [6, 6.07) is 7.60. The van der Waals surface area contributed by atoms with Gasteiger partial charge in [-0.25, -0.2) is 4.98 Å². The molecule has 0 N–H and O–H groups in total. The molecule has 99 valence electrons. The maximum Gasteiger partial charge on any atom is 0.273 e. The van der Waals surface area contributed by atoms with Crippen LogP contribution in [0.4, 0.5) is 5.69 Å². The van der Waals surface area contributed by atoms with Gasteiger partial charge in [-0.2, -0.15) is 0 Å². The Kier molecular flexibility index (Phi) is 3.95. The standard InChI is InChI=1S/C14H15N2O2S/c1-9(2)14-10(3)19-13(15-14)8-11-6-4-5-7-12(11)16(17)18/h4,6-7,9H,8H2,1-3H3. The van der Waals surface area contributed by atoms with Crippen molar-refractivity contribution in [3.63, 3.8) is 0 Å². The first-order valence-corrected chi connectivity index (χ1v) is 6.90. The number of rotatable bonds is 4. The Hall–Kier alpha value is -1.75. The number of hydrogen-bond acceptors (Lipinski definition) is 4. The van der Waals surface area contributed by atoms with E-state index in [1.54, 1.807) is 23.5 Å². The molecule has 1 aromatic heterocycles. The van der Waals surface area contributed by atoms with Crippen molar-refractivity contribution in [3.05, 3.63) is 55.5 Å². The van der Waals surface area contributed by atoms with Gasteiger partial charge in [0.2, 0.25) is 0 Å². The fourth-order valence-corrected chi connectivity index (χ4v) is 3.12. The van der Waals surface area contributed by atoms with E-state index in [1.165, 1.54) is 10.9 Å². The fraction of sp³-hybridized carbons (Fsp3) is 0.357. The molecule has 0 spiro atoms. The molecular formula is C14H15N2O2S. The number of aryl methyl sites for hydroxylation is 1. The second-order valence-electron chi connectivity index (χ2n) is 4.69. The minimum atomic E-state index is -0.365. The van der Waals surface area contributed by atoms with E-state index in [9.17, 15) is 10.1 Å². The van der Waals surface area contributed by atoms with Gasteiger partial charge < -0.3 is 0 Å². The lowest BCUT2D eigenvalue weighted by molar-refractivity contribution is -0.385. The van der Waals surface area contributed by atoms with Gasteiger partial charge in [-0.05, 0) is 18.9 Å². The highest BCUT2D eigenvalue weighted by molar-refractivity contribution is 7.11. The molecule has 0 amide bonds. The Morgan fingerprint density at radius 2 is 2.26 bits per heavy atom. The van der Waals surface area contributed by atoms with Crippen molar-refractivity contribution in [2.24, 2.45) is 0 Å². The molecular weight excluding hydrogens is 260 g/mol. The molecule has 19 heavy (non-hydrogen) atoms. The quantitative estimate of drug-likeness (QED) is 0.628. The zero-order valence-electron chi connectivity index (χ0n) is 11.1. The summed E-state index contributed by atoms with van der Waals surface area (Å²) in [4.78, 5) is 16.4. The third-order valence-electron chi connectivity index (χ3n) is 2.89. The normalized spacial score (nSPS) is 10.9. The molecule has 0 fully saturated rings. The summed E-state index contributed by atoms with van der Waals surface area (Å²) in [7, 11) is 0. The molecule has 0 aliphatic carbocycles. The molecule has 0 atom stereocenters. The fourth-order valence-electron chi connectivity index (χ4n) is 2.01. The predicted octanol–water partition coefficient (Wildman–Crippen LogP) is 3.87. The highest BCUT2D eigenvalue weighted by Gasteiger charge is 2.16. The van der Waals surface area contributed by atoms with Crippen LogP contribution in [0.1, 0.15) is 40.9 Å². The summed E-state index contributed by atoms with van der Waals surface area (Å²) in [6.07, 6.45) is 0.503. The minimum Gasteiger partial charge on any atom is -0.258 e. The Bertz CT molecular complexity index is 605. The predicted molar refractivity (Wildman–Crippen MR) is 75.7 cm³/mol. The minimum absolute atomic E-state index is 0.112. The summed E-state index contributed by atoms with van der Waals surface area (Å²) in [5, 5.41) is 11.9. The molecule has 0 aliphatic rings. The molecule has 2 rings (SSSR count). The maximum atomic E-state index is 11.0. The summed E-state index contributed by atoms with van der Waals surface area (Å²) < 4.78 is 0. The molecule has 0 aliphatic heterocycles. The van der Waals surface area contributed by atoms with E-state index in [0.717, 1.165) is 10.7 Å². The van der Waals surface area contributed by atoms with Gasteiger partial charge >= 0.3 is 0 Å². The van der Waals surface area contributed by atoms with Crippen LogP contribution in [0, 0.1) is 23.1 Å². The lowest BCUT2D eigenvalue weighted by Crippen LogP contribution is -1.97. The first kappa shape index (κ1) is 13.7. The number of hydrogen-bond donors (Lipinski definition) is 0. The lowest BCUT2D eigenvalue weighted by atomic mass is 10.1. The summed E-state index contributed by atoms with van der Waals surface area (Å²) in [5.41, 5.74) is 1.89. The molecule has 2 aromatic rings.